The lowest BCUT2D eigenvalue weighted by atomic mass is 10.1. The second kappa shape index (κ2) is 9.03. The number of ether oxygens (including phenoxy) is 1. The van der Waals surface area contributed by atoms with E-state index < -0.39 is 5.97 Å². The lowest BCUT2D eigenvalue weighted by Gasteiger charge is -2.23. The molecule has 0 aliphatic carbocycles. The fourth-order valence-electron chi connectivity index (χ4n) is 3.10. The maximum absolute atomic E-state index is 12.4. The molecule has 1 fully saturated rings. The quantitative estimate of drug-likeness (QED) is 0.703. The molecule has 2 rings (SSSR count). The van der Waals surface area contributed by atoms with Gasteiger partial charge in [-0.15, -0.1) is 11.3 Å². The predicted molar refractivity (Wildman–Crippen MR) is 89.7 cm³/mol. The van der Waals surface area contributed by atoms with Gasteiger partial charge in [-0.3, -0.25) is 9.59 Å². The summed E-state index contributed by atoms with van der Waals surface area (Å²) in [4.78, 5) is 26.4. The maximum atomic E-state index is 12.4. The minimum absolute atomic E-state index is 0.00395. The van der Waals surface area contributed by atoms with E-state index in [0.29, 0.717) is 19.4 Å². The fraction of sp³-hybridized carbons (Fsp3) is 0.647. The van der Waals surface area contributed by atoms with Crippen LogP contribution in [0.15, 0.2) is 17.5 Å². The number of nitrogens with zero attached hydrogens (tertiary/aromatic N) is 1. The second-order valence-corrected chi connectivity index (χ2v) is 7.06. The smallest absolute Gasteiger partial charge is 0.305 e. The third kappa shape index (κ3) is 5.62. The van der Waals surface area contributed by atoms with Crippen LogP contribution in [0.25, 0.3) is 0 Å². The van der Waals surface area contributed by atoms with Gasteiger partial charge in [-0.25, -0.2) is 0 Å². The third-order valence-corrected chi connectivity index (χ3v) is 5.27. The van der Waals surface area contributed by atoms with Gasteiger partial charge in [-0.05, 0) is 37.1 Å². The van der Waals surface area contributed by atoms with Crippen molar-refractivity contribution in [1.82, 2.24) is 4.90 Å². The van der Waals surface area contributed by atoms with Crippen molar-refractivity contribution < 1.29 is 19.4 Å². The van der Waals surface area contributed by atoms with Gasteiger partial charge in [0.1, 0.15) is 0 Å². The van der Waals surface area contributed by atoms with Crippen molar-refractivity contribution in [2.75, 3.05) is 13.7 Å². The molecule has 2 heterocycles. The monoisotopic (exact) mass is 339 g/mol. The van der Waals surface area contributed by atoms with Gasteiger partial charge in [0.05, 0.1) is 12.5 Å². The van der Waals surface area contributed by atoms with E-state index >= 15 is 0 Å². The molecule has 1 N–H and O–H groups in total. The lowest BCUT2D eigenvalue weighted by molar-refractivity contribution is -0.139. The normalized spacial score (nSPS) is 20.8. The average molecular weight is 339 g/mol. The van der Waals surface area contributed by atoms with E-state index in [0.717, 1.165) is 25.7 Å². The SMILES string of the molecule is COC1CC(CC(=O)O)N(C(=O)CCCCCc2cccs2)C1. The molecule has 0 saturated carbocycles. The first kappa shape index (κ1) is 17.9. The number of unbranched alkanes of at least 4 members (excludes halogenated alkanes) is 2. The van der Waals surface area contributed by atoms with Crippen LogP contribution in [0.1, 0.15) is 43.4 Å². The Balaban J connectivity index is 1.71. The molecule has 0 radical (unpaired) electrons. The average Bonchev–Trinajstić information content (AvgIpc) is 3.15. The highest BCUT2D eigenvalue weighted by molar-refractivity contribution is 7.09. The number of aliphatic carboxylic acids is 1. The molecule has 128 valence electrons. The summed E-state index contributed by atoms with van der Waals surface area (Å²) in [5.41, 5.74) is 0. The number of carbonyl (C=O) groups excluding carboxylic acids is 1. The molecule has 1 saturated heterocycles. The van der Waals surface area contributed by atoms with Crippen molar-refractivity contribution in [2.24, 2.45) is 0 Å². The van der Waals surface area contributed by atoms with Crippen LogP contribution in [-0.4, -0.2) is 47.7 Å². The number of carboxylic acid groups (broad SMARTS) is 1. The van der Waals surface area contributed by atoms with Gasteiger partial charge in [0.25, 0.3) is 0 Å². The third-order valence-electron chi connectivity index (χ3n) is 4.33. The molecule has 1 amide bonds. The summed E-state index contributed by atoms with van der Waals surface area (Å²) in [5, 5.41) is 11.1. The number of rotatable bonds is 9. The Bertz CT molecular complexity index is 503. The Morgan fingerprint density at radius 2 is 2.22 bits per heavy atom. The van der Waals surface area contributed by atoms with Gasteiger partial charge >= 0.3 is 5.97 Å². The Morgan fingerprint density at radius 3 is 2.87 bits per heavy atom. The van der Waals surface area contributed by atoms with E-state index in [-0.39, 0.29) is 24.5 Å². The Kier molecular flexibility index (Phi) is 7.05. The van der Waals surface area contributed by atoms with E-state index in [1.807, 2.05) is 0 Å². The van der Waals surface area contributed by atoms with Crippen molar-refractivity contribution in [3.05, 3.63) is 22.4 Å². The highest BCUT2D eigenvalue weighted by Crippen LogP contribution is 2.24. The molecular formula is C17H25NO4S. The number of methoxy groups -OCH3 is 1. The zero-order chi connectivity index (χ0) is 16.7. The van der Waals surface area contributed by atoms with E-state index in [4.69, 9.17) is 9.84 Å². The van der Waals surface area contributed by atoms with Crippen molar-refractivity contribution in [3.8, 4) is 0 Å². The first-order valence-electron chi connectivity index (χ1n) is 8.16. The summed E-state index contributed by atoms with van der Waals surface area (Å²) in [6.07, 6.45) is 5.12. The van der Waals surface area contributed by atoms with Crippen molar-refractivity contribution in [2.45, 2.75) is 57.1 Å². The van der Waals surface area contributed by atoms with E-state index in [1.54, 1.807) is 23.3 Å². The largest absolute Gasteiger partial charge is 0.481 e. The molecule has 5 nitrogen and oxygen atoms in total. The molecule has 1 aliphatic rings. The number of carboxylic acids is 1. The van der Waals surface area contributed by atoms with Crippen molar-refractivity contribution >= 4 is 23.2 Å². The minimum atomic E-state index is -0.861. The highest BCUT2D eigenvalue weighted by Gasteiger charge is 2.35. The van der Waals surface area contributed by atoms with Gasteiger partial charge < -0.3 is 14.7 Å². The topological polar surface area (TPSA) is 66.8 Å². The summed E-state index contributed by atoms with van der Waals surface area (Å²) < 4.78 is 5.30. The second-order valence-electron chi connectivity index (χ2n) is 6.03. The van der Waals surface area contributed by atoms with Crippen molar-refractivity contribution in [1.29, 1.82) is 0 Å². The van der Waals surface area contributed by atoms with Crippen LogP contribution >= 0.6 is 11.3 Å². The molecule has 1 aromatic rings. The molecular weight excluding hydrogens is 314 g/mol. The molecule has 1 aliphatic heterocycles. The molecule has 0 aromatic carbocycles. The van der Waals surface area contributed by atoms with E-state index in [9.17, 15) is 9.59 Å². The Morgan fingerprint density at radius 1 is 1.39 bits per heavy atom. The van der Waals surface area contributed by atoms with E-state index in [1.165, 1.54) is 4.88 Å². The minimum Gasteiger partial charge on any atom is -0.481 e. The molecule has 1 aromatic heterocycles. The standard InChI is InChI=1S/C17H25NO4S/c1-22-14-10-13(11-17(20)21)18(12-14)16(19)8-4-2-3-6-15-7-5-9-23-15/h5,7,9,13-14H,2-4,6,8,10-12H2,1H3,(H,20,21). The van der Waals surface area contributed by atoms with Gasteiger partial charge in [0.2, 0.25) is 5.91 Å². The van der Waals surface area contributed by atoms with Crippen LogP contribution < -0.4 is 0 Å². The summed E-state index contributed by atoms with van der Waals surface area (Å²) >= 11 is 1.77. The number of carbonyl (C=O) groups is 2. The number of likely N-dealkylation sites (tertiary alicyclic amines) is 1. The molecule has 2 atom stereocenters. The van der Waals surface area contributed by atoms with Crippen LogP contribution in [-0.2, 0) is 20.7 Å². The molecule has 23 heavy (non-hydrogen) atoms. The summed E-state index contributed by atoms with van der Waals surface area (Å²) in [6, 6.07) is 3.98. The number of aryl methyl sites for hydroxylation is 1. The molecule has 6 heteroatoms. The van der Waals surface area contributed by atoms with Crippen LogP contribution in [0.5, 0.6) is 0 Å². The predicted octanol–water partition coefficient (Wildman–Crippen LogP) is 2.94. The van der Waals surface area contributed by atoms with E-state index in [2.05, 4.69) is 17.5 Å². The van der Waals surface area contributed by atoms with Gasteiger partial charge in [0, 0.05) is 31.0 Å². The fourth-order valence-corrected chi connectivity index (χ4v) is 3.85. The van der Waals surface area contributed by atoms with Gasteiger partial charge in [-0.2, -0.15) is 0 Å². The number of hydrogen-bond acceptors (Lipinski definition) is 4. The highest BCUT2D eigenvalue weighted by atomic mass is 32.1. The number of hydrogen-bond donors (Lipinski definition) is 1. The van der Waals surface area contributed by atoms with Crippen LogP contribution in [0.3, 0.4) is 0 Å². The number of thiophene rings is 1. The van der Waals surface area contributed by atoms with Gasteiger partial charge in [0.15, 0.2) is 0 Å². The Hall–Kier alpha value is -1.40. The lowest BCUT2D eigenvalue weighted by Crippen LogP contribution is -2.37. The van der Waals surface area contributed by atoms with Crippen LogP contribution in [0.2, 0.25) is 0 Å². The summed E-state index contributed by atoms with van der Waals surface area (Å²) in [6.45, 7) is 0.516. The summed E-state index contributed by atoms with van der Waals surface area (Å²) in [5.74, 6) is -0.799. The number of amides is 1. The molecule has 2 unspecified atom stereocenters. The first-order valence-corrected chi connectivity index (χ1v) is 9.04. The molecule has 0 spiro atoms. The van der Waals surface area contributed by atoms with Crippen LogP contribution in [0, 0.1) is 0 Å². The van der Waals surface area contributed by atoms with Crippen molar-refractivity contribution in [3.63, 3.8) is 0 Å². The van der Waals surface area contributed by atoms with Gasteiger partial charge in [-0.1, -0.05) is 12.5 Å². The maximum Gasteiger partial charge on any atom is 0.305 e. The first-order chi connectivity index (χ1) is 11.1. The zero-order valence-electron chi connectivity index (χ0n) is 13.6. The Labute approximate surface area is 141 Å². The van der Waals surface area contributed by atoms with Crippen LogP contribution in [0.4, 0.5) is 0 Å². The molecule has 0 bridgehead atoms. The summed E-state index contributed by atoms with van der Waals surface area (Å²) in [7, 11) is 1.61. The zero-order valence-corrected chi connectivity index (χ0v) is 14.4.